The van der Waals surface area contributed by atoms with Gasteiger partial charge in [0.15, 0.2) is 0 Å². The second-order valence-corrected chi connectivity index (χ2v) is 16.1. The summed E-state index contributed by atoms with van der Waals surface area (Å²) in [6, 6.07) is 36.8. The van der Waals surface area contributed by atoms with Crippen molar-refractivity contribution in [1.29, 1.82) is 0 Å². The van der Waals surface area contributed by atoms with Crippen LogP contribution in [0.3, 0.4) is 0 Å². The third-order valence-electron chi connectivity index (χ3n) is 10.9. The van der Waals surface area contributed by atoms with Crippen LogP contribution in [0, 0.1) is 3.80 Å². The number of aromatic nitrogens is 6. The van der Waals surface area contributed by atoms with E-state index in [1.54, 1.807) is 0 Å². The van der Waals surface area contributed by atoms with Gasteiger partial charge in [0.2, 0.25) is 0 Å². The van der Waals surface area contributed by atoms with Crippen molar-refractivity contribution >= 4 is 65.4 Å². The van der Waals surface area contributed by atoms with E-state index in [9.17, 15) is 0 Å². The molecule has 0 unspecified atom stereocenters. The molecule has 0 radical (unpaired) electrons. The van der Waals surface area contributed by atoms with Crippen LogP contribution in [0.1, 0.15) is 26.3 Å². The first-order valence-corrected chi connectivity index (χ1v) is 19.0. The first-order valence-electron chi connectivity index (χ1n) is 17.9. The van der Waals surface area contributed by atoms with Crippen LogP contribution >= 0.6 is 0 Å². The quantitative estimate of drug-likeness (QED) is 0.177. The Labute approximate surface area is 317 Å². The number of rotatable bonds is 4. The number of benzene rings is 5. The Hall–Kier alpha value is -5.65. The molecule has 10 rings (SSSR count). The van der Waals surface area contributed by atoms with Crippen molar-refractivity contribution in [3.05, 3.63) is 131 Å². The van der Waals surface area contributed by atoms with Crippen molar-refractivity contribution in [2.45, 2.75) is 26.2 Å². The predicted octanol–water partition coefficient (Wildman–Crippen LogP) is 10.8. The number of para-hydroxylation sites is 2. The summed E-state index contributed by atoms with van der Waals surface area (Å²) in [5.74, 6) is 2.43. The van der Waals surface area contributed by atoms with Gasteiger partial charge in [-0.1, -0.05) is 57.2 Å². The molecule has 8 heteroatoms. The van der Waals surface area contributed by atoms with Gasteiger partial charge in [0.25, 0.3) is 0 Å². The zero-order chi connectivity index (χ0) is 36.3. The van der Waals surface area contributed by atoms with Crippen LogP contribution in [-0.4, -0.2) is 27.8 Å². The summed E-state index contributed by atoms with van der Waals surface area (Å²) in [5, 5.41) is 7.34. The molecular weight excluding hydrogens is 836 g/mol. The number of fused-ring (bicyclic) bond motifs is 12. The van der Waals surface area contributed by atoms with Gasteiger partial charge in [-0.25, -0.2) is 0 Å². The average Bonchev–Trinajstić information content (AvgIpc) is 3.86. The van der Waals surface area contributed by atoms with E-state index in [1.807, 2.05) is 18.3 Å². The molecule has 0 N–H and O–H groups in total. The van der Waals surface area contributed by atoms with Crippen LogP contribution in [0.5, 0.6) is 11.5 Å². The summed E-state index contributed by atoms with van der Waals surface area (Å²) in [6.07, 6.45) is 6.09. The topological polar surface area (TPSA) is 46.8 Å². The second kappa shape index (κ2) is 11.4. The molecule has 5 aromatic heterocycles. The molecule has 5 aromatic carbocycles. The van der Waals surface area contributed by atoms with E-state index in [4.69, 9.17) is 9.72 Å². The number of nitrogens with zero attached hydrogens (tertiary/aromatic N) is 6. The Kier molecular flexibility index (Phi) is 6.90. The van der Waals surface area contributed by atoms with Gasteiger partial charge < -0.3 is 9.13 Å². The van der Waals surface area contributed by atoms with Crippen LogP contribution in [0.25, 0.3) is 76.9 Å². The first kappa shape index (κ1) is 32.0. The fourth-order valence-corrected chi connectivity index (χ4v) is 9.00. The summed E-state index contributed by atoms with van der Waals surface area (Å²) in [7, 11) is 6.46. The summed E-state index contributed by atoms with van der Waals surface area (Å²) >= 11 is 2.35. The minimum atomic E-state index is -0.0533. The molecule has 53 heavy (non-hydrogen) atoms. The van der Waals surface area contributed by atoms with Crippen molar-refractivity contribution in [3.8, 4) is 23.0 Å². The number of ether oxygens (including phenoxy) is 1. The van der Waals surface area contributed by atoms with E-state index in [0.717, 1.165) is 43.2 Å². The number of pyridine rings is 1. The van der Waals surface area contributed by atoms with Crippen molar-refractivity contribution < 1.29 is 24.1 Å². The van der Waals surface area contributed by atoms with Crippen molar-refractivity contribution in [2.75, 3.05) is 0 Å². The van der Waals surface area contributed by atoms with E-state index in [1.165, 1.54) is 54.6 Å². The first-order chi connectivity index (χ1) is 25.6. The van der Waals surface area contributed by atoms with Crippen molar-refractivity contribution in [2.24, 2.45) is 21.1 Å². The van der Waals surface area contributed by atoms with Gasteiger partial charge in [0.05, 0.1) is 5.52 Å². The molecule has 5 heterocycles. The Morgan fingerprint density at radius 3 is 1.87 bits per heavy atom. The monoisotopic (exact) mass is 873 g/mol. The molecule has 10 aromatic rings. The fraction of sp³-hybridized carbons (Fsp3) is 0.156. The van der Waals surface area contributed by atoms with E-state index in [0.29, 0.717) is 0 Å². The van der Waals surface area contributed by atoms with Gasteiger partial charge in [-0.15, -0.1) is 0 Å². The molecule has 0 saturated heterocycles. The molecule has 0 bridgehead atoms. The van der Waals surface area contributed by atoms with Crippen LogP contribution in [0.2, 0.25) is 0 Å². The summed E-state index contributed by atoms with van der Waals surface area (Å²) in [5.41, 5.74) is 9.27. The second-order valence-electron chi connectivity index (χ2n) is 15.1. The van der Waals surface area contributed by atoms with Crippen LogP contribution in [0.4, 0.5) is 0 Å². The third-order valence-corrected chi connectivity index (χ3v) is 12.3. The summed E-state index contributed by atoms with van der Waals surface area (Å²) in [4.78, 5) is 5.11. The molecule has 0 amide bonds. The molecule has 7 nitrogen and oxygen atoms in total. The van der Waals surface area contributed by atoms with E-state index in [2.05, 4.69) is 187 Å². The van der Waals surface area contributed by atoms with E-state index >= 15 is 0 Å². The molecule has 0 atom stereocenters. The average molecular weight is 874 g/mol. The Morgan fingerprint density at radius 2 is 1.23 bits per heavy atom. The fourth-order valence-electron chi connectivity index (χ4n) is 8.37. The minimum absolute atomic E-state index is 0.0533. The van der Waals surface area contributed by atoms with Crippen molar-refractivity contribution in [1.82, 2.24) is 27.8 Å². The van der Waals surface area contributed by atoms with Gasteiger partial charge in [-0.05, 0) is 29.2 Å². The Bertz CT molecular complexity index is 3200. The molecular formula is C45H38N6OPt. The van der Waals surface area contributed by atoms with Crippen molar-refractivity contribution in [3.63, 3.8) is 0 Å². The molecule has 0 aliphatic rings. The zero-order valence-corrected chi connectivity index (χ0v) is 32.7. The maximum atomic E-state index is 6.72. The standard InChI is InChI=1S/C45H38N6O.Pt/c1-45(2,3)28-20-21-46-38(24-28)51-37-26-31(52-30-13-11-12-29(25-30)50-23-22-47(4)27-50)18-19-34(37)41-43-39(32-14-7-9-16-35(32)48(43)5)42-40(44(41)51)33-15-8-10-17-36(33)49(42)6;/h7-26H,1-6H3;. The van der Waals surface area contributed by atoms with Gasteiger partial charge in [-0.2, -0.15) is 0 Å². The Balaban J connectivity index is 1.34. The number of aryl methyl sites for hydroxylation is 3. The number of hydrogen-bond donors (Lipinski definition) is 0. The van der Waals surface area contributed by atoms with Crippen LogP contribution < -0.4 is 4.74 Å². The van der Waals surface area contributed by atoms with Gasteiger partial charge >= 0.3 is 170 Å². The molecule has 0 fully saturated rings. The summed E-state index contributed by atoms with van der Waals surface area (Å²) < 4.78 is 19.2. The van der Waals surface area contributed by atoms with Crippen LogP contribution in [0.15, 0.2) is 122 Å². The molecule has 0 aliphatic heterocycles. The molecule has 0 aliphatic carbocycles. The normalized spacial score (nSPS) is 12.5. The molecule has 264 valence electrons. The SMILES string of the molecule is Cn1ccn(-c2cccc(Oc3ccc4c5c6c(c7ccccc7n6C)c6c(c7ccccc7n6C)c5n(-c5cc(C(C)(C)C)ccn5)c4c3)c2)[c]1=[Pt]. The Morgan fingerprint density at radius 1 is 0.604 bits per heavy atom. The van der Waals surface area contributed by atoms with E-state index < -0.39 is 0 Å². The van der Waals surface area contributed by atoms with Gasteiger partial charge in [-0.3, -0.25) is 0 Å². The third kappa shape index (κ3) is 4.63. The molecule has 0 saturated carbocycles. The number of hydrogen-bond acceptors (Lipinski definition) is 2. The summed E-state index contributed by atoms with van der Waals surface area (Å²) in [6.45, 7) is 6.78. The predicted molar refractivity (Wildman–Crippen MR) is 213 cm³/mol. The van der Waals surface area contributed by atoms with Gasteiger partial charge in [0, 0.05) is 47.5 Å². The molecule has 0 spiro atoms. The maximum absolute atomic E-state index is 6.72. The zero-order valence-electron chi connectivity index (χ0n) is 30.5. The number of imidazole rings is 1. The van der Waals surface area contributed by atoms with E-state index in [-0.39, 0.29) is 5.41 Å². The van der Waals surface area contributed by atoms with Gasteiger partial charge in [0.1, 0.15) is 0 Å². The van der Waals surface area contributed by atoms with Crippen LogP contribution in [-0.2, 0) is 45.9 Å².